The van der Waals surface area contributed by atoms with Gasteiger partial charge in [-0.05, 0) is 62.5 Å². The van der Waals surface area contributed by atoms with Crippen LogP contribution in [0.3, 0.4) is 0 Å². The lowest BCUT2D eigenvalue weighted by Crippen LogP contribution is -1.92. The molecule has 0 saturated heterocycles. The molecular weight excluding hydrogens is 399 g/mol. The molecule has 2 aromatic rings. The van der Waals surface area contributed by atoms with Crippen LogP contribution in [0.5, 0.6) is 5.75 Å². The Hall–Kier alpha value is -0.0300. The average molecular weight is 411 g/mol. The molecule has 0 N–H and O–H groups in total. The summed E-state index contributed by atoms with van der Waals surface area (Å²) < 4.78 is 7.20. The predicted molar refractivity (Wildman–Crippen MR) is 85.1 cm³/mol. The van der Waals surface area contributed by atoms with Gasteiger partial charge in [-0.2, -0.15) is 0 Å². The molecule has 2 rings (SSSR count). The Balaban J connectivity index is 2.37. The van der Waals surface area contributed by atoms with Crippen LogP contribution >= 0.6 is 54.8 Å². The van der Waals surface area contributed by atoms with Crippen LogP contribution < -0.4 is 4.74 Å². The number of rotatable bonds is 3. The molecule has 18 heavy (non-hydrogen) atoms. The zero-order valence-corrected chi connectivity index (χ0v) is 14.6. The van der Waals surface area contributed by atoms with E-state index in [0.29, 0.717) is 0 Å². The van der Waals surface area contributed by atoms with Crippen LogP contribution in [0, 0.1) is 6.92 Å². The van der Waals surface area contributed by atoms with E-state index >= 15 is 0 Å². The number of halogens is 3. The summed E-state index contributed by atoms with van der Waals surface area (Å²) in [7, 11) is 1.65. The first-order chi connectivity index (χ1) is 8.52. The van der Waals surface area contributed by atoms with Crippen LogP contribution in [0.2, 0.25) is 0 Å². The molecule has 1 aromatic heterocycles. The van der Waals surface area contributed by atoms with Gasteiger partial charge in [0, 0.05) is 14.2 Å². The van der Waals surface area contributed by atoms with Crippen LogP contribution in [-0.2, 0) is 0 Å². The maximum Gasteiger partial charge on any atom is 0.133 e. The lowest BCUT2D eigenvalue weighted by molar-refractivity contribution is 0.412. The first-order valence-corrected chi connectivity index (χ1v) is 8.10. The van der Waals surface area contributed by atoms with Crippen molar-refractivity contribution in [2.45, 2.75) is 12.3 Å². The highest BCUT2D eigenvalue weighted by Crippen LogP contribution is 2.41. The Labute approximate surface area is 132 Å². The van der Waals surface area contributed by atoms with Crippen molar-refractivity contribution in [3.63, 3.8) is 0 Å². The summed E-state index contributed by atoms with van der Waals surface area (Å²) in [4.78, 5) is 2.38. The van der Waals surface area contributed by atoms with Crippen LogP contribution in [0.4, 0.5) is 0 Å². The highest BCUT2D eigenvalue weighted by Gasteiger charge is 2.17. The molecule has 0 amide bonds. The number of thiophene rings is 1. The third-order valence-electron chi connectivity index (χ3n) is 2.54. The number of alkyl halides is 1. The lowest BCUT2D eigenvalue weighted by Gasteiger charge is -2.11. The first kappa shape index (κ1) is 14.4. The fraction of sp³-hybridized carbons (Fsp3) is 0.231. The van der Waals surface area contributed by atoms with Gasteiger partial charge in [-0.1, -0.05) is 6.07 Å². The molecule has 0 spiro atoms. The highest BCUT2D eigenvalue weighted by molar-refractivity contribution is 9.10. The van der Waals surface area contributed by atoms with Crippen LogP contribution in [-0.4, -0.2) is 7.11 Å². The minimum atomic E-state index is -0.153. The fourth-order valence-corrected chi connectivity index (χ4v) is 4.63. The van der Waals surface area contributed by atoms with E-state index in [1.54, 1.807) is 18.4 Å². The second kappa shape index (κ2) is 5.95. The molecule has 5 heteroatoms. The van der Waals surface area contributed by atoms with Crippen molar-refractivity contribution in [3.05, 3.63) is 48.5 Å². The summed E-state index contributed by atoms with van der Waals surface area (Å²) in [5.41, 5.74) is 1.05. The van der Waals surface area contributed by atoms with Crippen molar-refractivity contribution in [2.75, 3.05) is 7.11 Å². The van der Waals surface area contributed by atoms with Gasteiger partial charge in [0.2, 0.25) is 0 Å². The number of methoxy groups -OCH3 is 1. The quantitative estimate of drug-likeness (QED) is 0.571. The SMILES string of the molecule is COc1ccc(C(Cl)c2sc(C)cc2Br)cc1Br. The normalized spacial score (nSPS) is 12.5. The number of ether oxygens (including phenoxy) is 1. The molecule has 0 fully saturated rings. The summed E-state index contributed by atoms with van der Waals surface area (Å²) in [5.74, 6) is 0.809. The minimum absolute atomic E-state index is 0.153. The Morgan fingerprint density at radius 3 is 2.44 bits per heavy atom. The second-order valence-electron chi connectivity index (χ2n) is 3.83. The standard InChI is InChI=1S/C13H11Br2ClOS/c1-7-5-10(15)13(18-7)12(16)8-3-4-11(17-2)9(14)6-8/h3-6,12H,1-2H3. The molecule has 1 nitrogen and oxygen atoms in total. The van der Waals surface area contributed by atoms with E-state index in [4.69, 9.17) is 16.3 Å². The predicted octanol–water partition coefficient (Wildman–Crippen LogP) is 5.92. The summed E-state index contributed by atoms with van der Waals surface area (Å²) >= 11 is 15.3. The topological polar surface area (TPSA) is 9.23 Å². The Morgan fingerprint density at radius 1 is 1.22 bits per heavy atom. The maximum atomic E-state index is 6.54. The molecule has 96 valence electrons. The molecule has 1 unspecified atom stereocenters. The van der Waals surface area contributed by atoms with Gasteiger partial charge < -0.3 is 4.74 Å². The van der Waals surface area contributed by atoms with E-state index in [1.807, 2.05) is 18.2 Å². The maximum absolute atomic E-state index is 6.54. The largest absolute Gasteiger partial charge is 0.496 e. The summed E-state index contributed by atoms with van der Waals surface area (Å²) in [6.45, 7) is 2.08. The van der Waals surface area contributed by atoms with Crippen LogP contribution in [0.1, 0.15) is 20.7 Å². The molecule has 0 aliphatic carbocycles. The van der Waals surface area contributed by atoms with Crippen LogP contribution in [0.25, 0.3) is 0 Å². The Kier molecular flexibility index (Phi) is 4.75. The van der Waals surface area contributed by atoms with E-state index in [-0.39, 0.29) is 5.38 Å². The molecule has 0 bridgehead atoms. The highest BCUT2D eigenvalue weighted by atomic mass is 79.9. The van der Waals surface area contributed by atoms with Gasteiger partial charge in [0.1, 0.15) is 5.75 Å². The number of hydrogen-bond acceptors (Lipinski definition) is 2. The third kappa shape index (κ3) is 2.93. The fourth-order valence-electron chi connectivity index (χ4n) is 1.67. The molecule has 1 heterocycles. The number of aryl methyl sites for hydroxylation is 1. The monoisotopic (exact) mass is 408 g/mol. The first-order valence-electron chi connectivity index (χ1n) is 5.26. The third-order valence-corrected chi connectivity index (χ3v) is 5.79. The van der Waals surface area contributed by atoms with Crippen molar-refractivity contribution in [1.29, 1.82) is 0 Å². The van der Waals surface area contributed by atoms with E-state index in [0.717, 1.165) is 25.1 Å². The smallest absolute Gasteiger partial charge is 0.133 e. The second-order valence-corrected chi connectivity index (χ2v) is 7.26. The molecular formula is C13H11Br2ClOS. The van der Waals surface area contributed by atoms with Crippen molar-refractivity contribution in [1.82, 2.24) is 0 Å². The molecule has 0 aliphatic rings. The minimum Gasteiger partial charge on any atom is -0.496 e. The zero-order chi connectivity index (χ0) is 13.3. The van der Waals surface area contributed by atoms with Crippen molar-refractivity contribution in [3.8, 4) is 5.75 Å². The van der Waals surface area contributed by atoms with Crippen LogP contribution in [0.15, 0.2) is 33.2 Å². The number of hydrogen-bond donors (Lipinski definition) is 0. The summed E-state index contributed by atoms with van der Waals surface area (Å²) in [5, 5.41) is -0.153. The van der Waals surface area contributed by atoms with Gasteiger partial charge in [-0.15, -0.1) is 22.9 Å². The van der Waals surface area contributed by atoms with E-state index in [9.17, 15) is 0 Å². The van der Waals surface area contributed by atoms with E-state index < -0.39 is 0 Å². The Bertz CT molecular complexity index is 568. The van der Waals surface area contributed by atoms with Gasteiger partial charge in [0.25, 0.3) is 0 Å². The molecule has 0 radical (unpaired) electrons. The number of benzene rings is 1. The van der Waals surface area contributed by atoms with Gasteiger partial charge in [0.05, 0.1) is 17.0 Å². The van der Waals surface area contributed by atoms with Crippen molar-refractivity contribution < 1.29 is 4.74 Å². The summed E-state index contributed by atoms with van der Waals surface area (Å²) in [6.07, 6.45) is 0. The zero-order valence-electron chi connectivity index (χ0n) is 9.84. The van der Waals surface area contributed by atoms with E-state index in [2.05, 4.69) is 44.8 Å². The van der Waals surface area contributed by atoms with Gasteiger partial charge in [0.15, 0.2) is 0 Å². The average Bonchev–Trinajstić information content (AvgIpc) is 2.67. The molecule has 0 saturated carbocycles. The van der Waals surface area contributed by atoms with Gasteiger partial charge in [-0.25, -0.2) is 0 Å². The Morgan fingerprint density at radius 2 is 1.94 bits per heavy atom. The van der Waals surface area contributed by atoms with Crippen molar-refractivity contribution >= 4 is 54.8 Å². The van der Waals surface area contributed by atoms with Gasteiger partial charge in [-0.3, -0.25) is 0 Å². The summed E-state index contributed by atoms with van der Waals surface area (Å²) in [6, 6.07) is 8.00. The molecule has 1 atom stereocenters. The lowest BCUT2D eigenvalue weighted by atomic mass is 10.1. The molecule has 1 aromatic carbocycles. The van der Waals surface area contributed by atoms with Crippen molar-refractivity contribution in [2.24, 2.45) is 0 Å². The van der Waals surface area contributed by atoms with Gasteiger partial charge >= 0.3 is 0 Å². The molecule has 0 aliphatic heterocycles. The van der Waals surface area contributed by atoms with E-state index in [1.165, 1.54) is 4.88 Å².